The molecule has 14 heavy (non-hydrogen) atoms. The lowest BCUT2D eigenvalue weighted by molar-refractivity contribution is 0.168. The van der Waals surface area contributed by atoms with Crippen molar-refractivity contribution >= 4 is 0 Å². The van der Waals surface area contributed by atoms with Gasteiger partial charge in [-0.05, 0) is 20.3 Å². The molecule has 0 saturated heterocycles. The number of hydrogen-bond acceptors (Lipinski definition) is 4. The summed E-state index contributed by atoms with van der Waals surface area (Å²) in [7, 11) is 0. The van der Waals surface area contributed by atoms with E-state index in [1.807, 2.05) is 6.07 Å². The monoisotopic (exact) mass is 198 g/mol. The van der Waals surface area contributed by atoms with Crippen LogP contribution in [0.25, 0.3) is 0 Å². The molecule has 80 valence electrons. The fourth-order valence-corrected chi connectivity index (χ4v) is 1.32. The van der Waals surface area contributed by atoms with E-state index in [1.54, 1.807) is 6.20 Å². The second-order valence-electron chi connectivity index (χ2n) is 3.62. The van der Waals surface area contributed by atoms with E-state index in [2.05, 4.69) is 23.9 Å². The van der Waals surface area contributed by atoms with Crippen LogP contribution >= 0.6 is 0 Å². The van der Waals surface area contributed by atoms with Crippen LogP contribution in [0.4, 0.5) is 0 Å². The van der Waals surface area contributed by atoms with Crippen molar-refractivity contribution in [3.63, 3.8) is 0 Å². The maximum Gasteiger partial charge on any atom is 0.150 e. The van der Waals surface area contributed by atoms with Crippen LogP contribution < -0.4 is 0 Å². The first-order valence-electron chi connectivity index (χ1n) is 4.98. The summed E-state index contributed by atoms with van der Waals surface area (Å²) in [5.74, 6) is 0.872. The normalized spacial score (nSPS) is 11.5. The highest BCUT2D eigenvalue weighted by Gasteiger charge is 2.11. The van der Waals surface area contributed by atoms with Crippen LogP contribution in [0, 0.1) is 0 Å². The molecule has 1 N–H and O–H groups in total. The number of aliphatic hydroxyl groups is 1. The van der Waals surface area contributed by atoms with Crippen LogP contribution in [0.1, 0.15) is 26.0 Å². The predicted octanol–water partition coefficient (Wildman–Crippen LogP) is 1.27. The number of aliphatic hydroxyl groups excluding tert-OH is 1. The highest BCUT2D eigenvalue weighted by Crippen LogP contribution is 2.07. The van der Waals surface area contributed by atoms with E-state index in [4.69, 9.17) is 9.63 Å². The van der Waals surface area contributed by atoms with Crippen molar-refractivity contribution in [1.82, 2.24) is 10.1 Å². The fourth-order valence-electron chi connectivity index (χ4n) is 1.32. The third-order valence-corrected chi connectivity index (χ3v) is 2.18. The van der Waals surface area contributed by atoms with Crippen LogP contribution in [0.15, 0.2) is 16.8 Å². The molecule has 0 spiro atoms. The lowest BCUT2D eigenvalue weighted by Gasteiger charge is -2.24. The van der Waals surface area contributed by atoms with Crippen LogP contribution in [0.3, 0.4) is 0 Å². The highest BCUT2D eigenvalue weighted by atomic mass is 16.5. The van der Waals surface area contributed by atoms with E-state index in [1.165, 1.54) is 0 Å². The molecule has 0 aliphatic rings. The lowest BCUT2D eigenvalue weighted by atomic mass is 10.2. The number of rotatable bonds is 6. The Labute approximate surface area is 84.5 Å². The molecule has 0 unspecified atom stereocenters. The Morgan fingerprint density at radius 3 is 2.86 bits per heavy atom. The van der Waals surface area contributed by atoms with Gasteiger partial charge in [0.05, 0.1) is 12.7 Å². The van der Waals surface area contributed by atoms with Crippen LogP contribution in [-0.4, -0.2) is 34.4 Å². The largest absolute Gasteiger partial charge is 0.396 e. The second-order valence-corrected chi connectivity index (χ2v) is 3.62. The number of hydrogen-bond donors (Lipinski definition) is 1. The van der Waals surface area contributed by atoms with Crippen LogP contribution in [0.2, 0.25) is 0 Å². The van der Waals surface area contributed by atoms with E-state index in [-0.39, 0.29) is 6.61 Å². The van der Waals surface area contributed by atoms with Gasteiger partial charge in [-0.3, -0.25) is 4.90 Å². The Balaban J connectivity index is 2.43. The molecule has 0 atom stereocenters. The van der Waals surface area contributed by atoms with Gasteiger partial charge >= 0.3 is 0 Å². The summed E-state index contributed by atoms with van der Waals surface area (Å²) in [4.78, 5) is 2.25. The van der Waals surface area contributed by atoms with Gasteiger partial charge in [-0.1, -0.05) is 5.16 Å². The quantitative estimate of drug-likeness (QED) is 0.747. The van der Waals surface area contributed by atoms with Crippen molar-refractivity contribution in [3.05, 3.63) is 18.0 Å². The Morgan fingerprint density at radius 1 is 1.57 bits per heavy atom. The topological polar surface area (TPSA) is 49.5 Å². The first kappa shape index (κ1) is 11.2. The number of nitrogens with zero attached hydrogens (tertiary/aromatic N) is 2. The van der Waals surface area contributed by atoms with E-state index in [0.29, 0.717) is 6.04 Å². The Bertz CT molecular complexity index is 234. The maximum absolute atomic E-state index is 8.76. The molecule has 0 aliphatic heterocycles. The minimum absolute atomic E-state index is 0.236. The van der Waals surface area contributed by atoms with Gasteiger partial charge in [-0.25, -0.2) is 0 Å². The molecule has 0 aromatic carbocycles. The number of aromatic nitrogens is 1. The average molecular weight is 198 g/mol. The summed E-state index contributed by atoms with van der Waals surface area (Å²) in [6.45, 7) is 6.15. The average Bonchev–Trinajstić information content (AvgIpc) is 2.64. The molecule has 4 nitrogen and oxygen atoms in total. The van der Waals surface area contributed by atoms with Crippen molar-refractivity contribution in [2.45, 2.75) is 32.9 Å². The molecular formula is C10H18N2O2. The predicted molar refractivity (Wildman–Crippen MR) is 53.8 cm³/mol. The Morgan fingerprint density at radius 2 is 2.36 bits per heavy atom. The molecule has 0 amide bonds. The molecule has 0 radical (unpaired) electrons. The third kappa shape index (κ3) is 3.47. The molecular weight excluding hydrogens is 180 g/mol. The smallest absolute Gasteiger partial charge is 0.150 e. The van der Waals surface area contributed by atoms with Gasteiger partial charge in [0.2, 0.25) is 0 Å². The molecule has 0 saturated carbocycles. The summed E-state index contributed by atoms with van der Waals surface area (Å²) >= 11 is 0. The lowest BCUT2D eigenvalue weighted by Crippen LogP contribution is -2.31. The molecule has 4 heteroatoms. The summed E-state index contributed by atoms with van der Waals surface area (Å²) in [6.07, 6.45) is 2.45. The minimum Gasteiger partial charge on any atom is -0.396 e. The zero-order valence-electron chi connectivity index (χ0n) is 8.81. The standard InChI is InChI=1S/C10H18N2O2/c1-9(2)12(6-3-7-13)8-10-4-5-11-14-10/h4-5,9,13H,3,6-8H2,1-2H3. The van der Waals surface area contributed by atoms with Gasteiger partial charge in [-0.15, -0.1) is 0 Å². The SMILES string of the molecule is CC(C)N(CCCO)Cc1ccno1. The zero-order valence-corrected chi connectivity index (χ0v) is 8.81. The fraction of sp³-hybridized carbons (Fsp3) is 0.700. The van der Waals surface area contributed by atoms with Crippen molar-refractivity contribution in [2.24, 2.45) is 0 Å². The summed E-state index contributed by atoms with van der Waals surface area (Å²) in [6, 6.07) is 2.32. The zero-order chi connectivity index (χ0) is 10.4. The molecule has 1 rings (SSSR count). The summed E-state index contributed by atoms with van der Waals surface area (Å²) in [5.41, 5.74) is 0. The molecule has 0 aliphatic carbocycles. The van der Waals surface area contributed by atoms with E-state index in [9.17, 15) is 0 Å². The second kappa shape index (κ2) is 5.78. The minimum atomic E-state index is 0.236. The van der Waals surface area contributed by atoms with Gasteiger partial charge in [0.25, 0.3) is 0 Å². The molecule has 0 bridgehead atoms. The molecule has 1 heterocycles. The maximum atomic E-state index is 8.76. The first-order chi connectivity index (χ1) is 6.74. The van der Waals surface area contributed by atoms with Crippen molar-refractivity contribution in [3.8, 4) is 0 Å². The van der Waals surface area contributed by atoms with Crippen LogP contribution in [-0.2, 0) is 6.54 Å². The Kier molecular flexibility index (Phi) is 4.62. The summed E-state index contributed by atoms with van der Waals surface area (Å²) in [5, 5.41) is 12.4. The van der Waals surface area contributed by atoms with Gasteiger partial charge < -0.3 is 9.63 Å². The van der Waals surface area contributed by atoms with Gasteiger partial charge in [0.1, 0.15) is 0 Å². The molecule has 1 aromatic rings. The van der Waals surface area contributed by atoms with E-state index < -0.39 is 0 Å². The van der Waals surface area contributed by atoms with Gasteiger partial charge in [0, 0.05) is 25.3 Å². The third-order valence-electron chi connectivity index (χ3n) is 2.18. The van der Waals surface area contributed by atoms with Gasteiger partial charge in [-0.2, -0.15) is 0 Å². The van der Waals surface area contributed by atoms with E-state index >= 15 is 0 Å². The first-order valence-corrected chi connectivity index (χ1v) is 4.98. The summed E-state index contributed by atoms with van der Waals surface area (Å²) < 4.78 is 5.04. The Hall–Kier alpha value is -0.870. The van der Waals surface area contributed by atoms with Crippen molar-refractivity contribution in [1.29, 1.82) is 0 Å². The molecule has 1 aromatic heterocycles. The molecule has 0 fully saturated rings. The van der Waals surface area contributed by atoms with Gasteiger partial charge in [0.15, 0.2) is 5.76 Å². The van der Waals surface area contributed by atoms with Crippen molar-refractivity contribution in [2.75, 3.05) is 13.2 Å². The van der Waals surface area contributed by atoms with E-state index in [0.717, 1.165) is 25.3 Å². The highest BCUT2D eigenvalue weighted by molar-refractivity contribution is 4.92. The van der Waals surface area contributed by atoms with Crippen molar-refractivity contribution < 1.29 is 9.63 Å². The van der Waals surface area contributed by atoms with Crippen LogP contribution in [0.5, 0.6) is 0 Å².